The molecule has 1 heterocycles. The lowest BCUT2D eigenvalue weighted by molar-refractivity contribution is 0.0687. The first kappa shape index (κ1) is 18.4. The van der Waals surface area contributed by atoms with Gasteiger partial charge in [-0.3, -0.25) is 4.79 Å². The Balaban J connectivity index is 1.69. The summed E-state index contributed by atoms with van der Waals surface area (Å²) in [6.45, 7) is 4.12. The minimum atomic E-state index is 0.0292. The fraction of sp³-hybridized carbons (Fsp3) is 0.429. The number of aryl methyl sites for hydroxylation is 1. The highest BCUT2D eigenvalue weighted by Gasteiger charge is 2.30. The van der Waals surface area contributed by atoms with Crippen molar-refractivity contribution >= 4 is 5.91 Å². The fourth-order valence-corrected chi connectivity index (χ4v) is 3.45. The molecule has 1 aromatic heterocycles. The molecular formula is C21H27N3O2. The normalized spacial score (nSPS) is 15.8. The van der Waals surface area contributed by atoms with Gasteiger partial charge in [-0.2, -0.15) is 0 Å². The van der Waals surface area contributed by atoms with Crippen LogP contribution in [0.4, 0.5) is 0 Å². The first-order valence-electron chi connectivity index (χ1n) is 9.22. The van der Waals surface area contributed by atoms with Crippen molar-refractivity contribution in [3.8, 4) is 5.88 Å². The highest BCUT2D eigenvalue weighted by Crippen LogP contribution is 2.36. The molecule has 0 bridgehead atoms. The summed E-state index contributed by atoms with van der Waals surface area (Å²) in [5, 5.41) is 0. The fourth-order valence-electron chi connectivity index (χ4n) is 3.45. The number of rotatable bonds is 7. The van der Waals surface area contributed by atoms with Gasteiger partial charge in [-0.15, -0.1) is 0 Å². The van der Waals surface area contributed by atoms with Gasteiger partial charge in [0.15, 0.2) is 0 Å². The highest BCUT2D eigenvalue weighted by atomic mass is 16.5. The zero-order chi connectivity index (χ0) is 18.5. The van der Waals surface area contributed by atoms with E-state index in [4.69, 9.17) is 4.74 Å². The molecule has 1 aliphatic carbocycles. The van der Waals surface area contributed by atoms with E-state index in [1.54, 1.807) is 12.3 Å². The van der Waals surface area contributed by atoms with Crippen LogP contribution in [-0.2, 0) is 6.42 Å². The maximum absolute atomic E-state index is 13.0. The van der Waals surface area contributed by atoms with E-state index in [0.29, 0.717) is 24.6 Å². The molecular weight excluding hydrogens is 326 g/mol. The molecule has 1 amide bonds. The topological polar surface area (TPSA) is 45.7 Å². The summed E-state index contributed by atoms with van der Waals surface area (Å²) in [6, 6.07) is 12.2. The van der Waals surface area contributed by atoms with E-state index in [2.05, 4.69) is 34.1 Å². The van der Waals surface area contributed by atoms with E-state index in [1.807, 2.05) is 32.0 Å². The maximum Gasteiger partial charge on any atom is 0.255 e. The van der Waals surface area contributed by atoms with Gasteiger partial charge in [0.05, 0.1) is 11.6 Å². The van der Waals surface area contributed by atoms with E-state index in [0.717, 1.165) is 19.4 Å². The van der Waals surface area contributed by atoms with Gasteiger partial charge in [0.1, 0.15) is 6.61 Å². The Morgan fingerprint density at radius 2 is 2.04 bits per heavy atom. The molecule has 26 heavy (non-hydrogen) atoms. The molecule has 5 nitrogen and oxygen atoms in total. The van der Waals surface area contributed by atoms with Crippen LogP contribution in [0.25, 0.3) is 0 Å². The number of amides is 1. The number of hydrogen-bond donors (Lipinski definition) is 0. The number of carbonyl (C=O) groups is 1. The number of benzene rings is 1. The van der Waals surface area contributed by atoms with Crippen molar-refractivity contribution in [1.29, 1.82) is 0 Å². The lowest BCUT2D eigenvalue weighted by Crippen LogP contribution is -2.34. The molecule has 1 unspecified atom stereocenters. The minimum absolute atomic E-state index is 0.0292. The third-order valence-corrected chi connectivity index (χ3v) is 4.85. The van der Waals surface area contributed by atoms with Gasteiger partial charge in [-0.1, -0.05) is 24.3 Å². The Morgan fingerprint density at radius 3 is 2.73 bits per heavy atom. The summed E-state index contributed by atoms with van der Waals surface area (Å²) in [5.74, 6) is 0.583. The molecule has 138 valence electrons. The van der Waals surface area contributed by atoms with Crippen molar-refractivity contribution in [1.82, 2.24) is 14.8 Å². The SMILES string of the molecule is CCN(C(=O)c1ccc(OCCN(C)C)nc1)C1CCc2ccccc21. The minimum Gasteiger partial charge on any atom is -0.476 e. The number of likely N-dealkylation sites (N-methyl/N-ethyl adjacent to an activating group) is 1. The van der Waals surface area contributed by atoms with Gasteiger partial charge in [-0.25, -0.2) is 4.98 Å². The van der Waals surface area contributed by atoms with E-state index in [9.17, 15) is 4.79 Å². The lowest BCUT2D eigenvalue weighted by atomic mass is 10.1. The first-order valence-corrected chi connectivity index (χ1v) is 9.22. The van der Waals surface area contributed by atoms with Crippen LogP contribution >= 0.6 is 0 Å². The van der Waals surface area contributed by atoms with E-state index in [-0.39, 0.29) is 11.9 Å². The smallest absolute Gasteiger partial charge is 0.255 e. The number of hydrogen-bond acceptors (Lipinski definition) is 4. The Morgan fingerprint density at radius 1 is 1.23 bits per heavy atom. The van der Waals surface area contributed by atoms with Crippen LogP contribution in [0.5, 0.6) is 5.88 Å². The van der Waals surface area contributed by atoms with Crippen molar-refractivity contribution in [3.05, 3.63) is 59.3 Å². The van der Waals surface area contributed by atoms with Gasteiger partial charge in [-0.05, 0) is 51.1 Å². The van der Waals surface area contributed by atoms with Crippen LogP contribution in [0.1, 0.15) is 40.9 Å². The van der Waals surface area contributed by atoms with Crippen LogP contribution in [0.15, 0.2) is 42.6 Å². The van der Waals surface area contributed by atoms with Crippen LogP contribution in [-0.4, -0.2) is 54.5 Å². The highest BCUT2D eigenvalue weighted by molar-refractivity contribution is 5.94. The molecule has 0 saturated carbocycles. The number of fused-ring (bicyclic) bond motifs is 1. The van der Waals surface area contributed by atoms with Crippen molar-refractivity contribution in [3.63, 3.8) is 0 Å². The number of aromatic nitrogens is 1. The third-order valence-electron chi connectivity index (χ3n) is 4.85. The predicted molar refractivity (Wildman–Crippen MR) is 103 cm³/mol. The van der Waals surface area contributed by atoms with Crippen molar-refractivity contribution in [2.45, 2.75) is 25.8 Å². The second kappa shape index (κ2) is 8.32. The zero-order valence-electron chi connectivity index (χ0n) is 15.8. The summed E-state index contributed by atoms with van der Waals surface area (Å²) in [5.41, 5.74) is 3.24. The number of nitrogens with zero attached hydrogens (tertiary/aromatic N) is 3. The zero-order valence-corrected chi connectivity index (χ0v) is 15.8. The molecule has 0 aliphatic heterocycles. The summed E-state index contributed by atoms with van der Waals surface area (Å²) in [7, 11) is 4.00. The van der Waals surface area contributed by atoms with Crippen molar-refractivity contribution in [2.75, 3.05) is 33.8 Å². The molecule has 0 N–H and O–H groups in total. The van der Waals surface area contributed by atoms with Gasteiger partial charge in [0.2, 0.25) is 5.88 Å². The second-order valence-corrected chi connectivity index (χ2v) is 6.88. The van der Waals surface area contributed by atoms with Crippen LogP contribution in [0, 0.1) is 0 Å². The number of pyridine rings is 1. The summed E-state index contributed by atoms with van der Waals surface area (Å²) in [6.07, 6.45) is 3.64. The molecule has 0 radical (unpaired) electrons. The summed E-state index contributed by atoms with van der Waals surface area (Å²) < 4.78 is 5.61. The molecule has 0 saturated heterocycles. The monoisotopic (exact) mass is 353 g/mol. The Labute approximate surface area is 155 Å². The molecule has 3 rings (SSSR count). The van der Waals surface area contributed by atoms with E-state index < -0.39 is 0 Å². The van der Waals surface area contributed by atoms with Crippen LogP contribution in [0.3, 0.4) is 0 Å². The maximum atomic E-state index is 13.0. The molecule has 1 atom stereocenters. The lowest BCUT2D eigenvalue weighted by Gasteiger charge is -2.28. The molecule has 0 fully saturated rings. The van der Waals surface area contributed by atoms with Crippen LogP contribution < -0.4 is 4.74 Å². The number of carbonyl (C=O) groups excluding carboxylic acids is 1. The third kappa shape index (κ3) is 4.05. The first-order chi connectivity index (χ1) is 12.6. The van der Waals surface area contributed by atoms with Gasteiger partial charge >= 0.3 is 0 Å². The van der Waals surface area contributed by atoms with E-state index >= 15 is 0 Å². The average Bonchev–Trinajstić information content (AvgIpc) is 3.07. The summed E-state index contributed by atoms with van der Waals surface area (Å²) >= 11 is 0. The Bertz CT molecular complexity index is 743. The molecule has 0 spiro atoms. The number of ether oxygens (including phenoxy) is 1. The summed E-state index contributed by atoms with van der Waals surface area (Å²) in [4.78, 5) is 21.3. The van der Waals surface area contributed by atoms with Crippen molar-refractivity contribution in [2.24, 2.45) is 0 Å². The van der Waals surface area contributed by atoms with Crippen LogP contribution in [0.2, 0.25) is 0 Å². The van der Waals surface area contributed by atoms with Gasteiger partial charge in [0, 0.05) is 25.4 Å². The largest absolute Gasteiger partial charge is 0.476 e. The molecule has 5 heteroatoms. The quantitative estimate of drug-likeness (QED) is 0.767. The van der Waals surface area contributed by atoms with E-state index in [1.165, 1.54) is 11.1 Å². The Kier molecular flexibility index (Phi) is 5.89. The molecule has 1 aromatic carbocycles. The standard InChI is InChI=1S/C21H27N3O2/c1-4-24(19-11-9-16-7-5-6-8-18(16)19)21(25)17-10-12-20(22-15-17)26-14-13-23(2)3/h5-8,10,12,15,19H,4,9,11,13-14H2,1-3H3. The van der Waals surface area contributed by atoms with Gasteiger partial charge in [0.25, 0.3) is 5.91 Å². The second-order valence-electron chi connectivity index (χ2n) is 6.88. The molecule has 1 aliphatic rings. The predicted octanol–water partition coefficient (Wildman–Crippen LogP) is 3.17. The molecule has 2 aromatic rings. The van der Waals surface area contributed by atoms with Gasteiger partial charge < -0.3 is 14.5 Å². The Hall–Kier alpha value is -2.40. The van der Waals surface area contributed by atoms with Crippen molar-refractivity contribution < 1.29 is 9.53 Å². The average molecular weight is 353 g/mol.